The Bertz CT molecular complexity index is 925. The van der Waals surface area contributed by atoms with E-state index < -0.39 is 22.0 Å². The topological polar surface area (TPSA) is 99.7 Å². The molecule has 1 amide bonds. The molecule has 1 atom stereocenters. The van der Waals surface area contributed by atoms with Crippen molar-refractivity contribution in [3.8, 4) is 0 Å². The van der Waals surface area contributed by atoms with Gasteiger partial charge in [-0.1, -0.05) is 18.2 Å². The molecule has 0 aromatic heterocycles. The summed E-state index contributed by atoms with van der Waals surface area (Å²) in [5, 5.41) is 5.96. The van der Waals surface area contributed by atoms with Crippen molar-refractivity contribution in [3.05, 3.63) is 60.2 Å². The summed E-state index contributed by atoms with van der Waals surface area (Å²) in [6, 6.07) is 14.3. The van der Waals surface area contributed by atoms with Gasteiger partial charge in [-0.15, -0.1) is 0 Å². The highest BCUT2D eigenvalue weighted by atomic mass is 32.2. The number of benzene rings is 2. The summed E-state index contributed by atoms with van der Waals surface area (Å²) in [4.78, 5) is 16.9. The van der Waals surface area contributed by atoms with Gasteiger partial charge in [0.15, 0.2) is 0 Å². The van der Waals surface area contributed by atoms with Gasteiger partial charge in [0.25, 0.3) is 0 Å². The molecule has 0 bridgehead atoms. The Labute approximate surface area is 159 Å². The molecule has 1 unspecified atom stereocenters. The van der Waals surface area contributed by atoms with Crippen LogP contribution < -0.4 is 15.4 Å². The molecule has 0 saturated carbocycles. The molecule has 8 heteroatoms. The second-order valence-corrected chi connectivity index (χ2v) is 7.95. The van der Waals surface area contributed by atoms with Gasteiger partial charge in [0.2, 0.25) is 15.9 Å². The highest BCUT2D eigenvalue weighted by Gasteiger charge is 2.22. The lowest BCUT2D eigenvalue weighted by Crippen LogP contribution is -2.41. The average Bonchev–Trinajstić information content (AvgIpc) is 2.69. The van der Waals surface area contributed by atoms with Crippen LogP contribution in [0.3, 0.4) is 0 Å². The van der Waals surface area contributed by atoms with Crippen molar-refractivity contribution < 1.29 is 13.2 Å². The van der Waals surface area contributed by atoms with Crippen molar-refractivity contribution in [2.45, 2.75) is 24.3 Å². The molecule has 1 aliphatic heterocycles. The standard InChI is InChI=1S/C19H22N4O3S/c1-14(23-27(25,26)17-6-3-2-4-7-17)19(24)22-16-10-8-15(9-11-16)18-20-12-5-13-21-18/h2-4,6-11,14,23H,5,12-13H2,1H3,(H,20,21)(H,22,24). The van der Waals surface area contributed by atoms with Gasteiger partial charge >= 0.3 is 0 Å². The number of carbonyl (C=O) groups is 1. The molecule has 7 nitrogen and oxygen atoms in total. The highest BCUT2D eigenvalue weighted by Crippen LogP contribution is 2.13. The molecular weight excluding hydrogens is 364 g/mol. The fourth-order valence-corrected chi connectivity index (χ4v) is 3.87. The zero-order chi connectivity index (χ0) is 19.3. The van der Waals surface area contributed by atoms with Gasteiger partial charge < -0.3 is 10.6 Å². The molecule has 0 aliphatic carbocycles. The number of hydrogen-bond acceptors (Lipinski definition) is 5. The number of anilines is 1. The summed E-state index contributed by atoms with van der Waals surface area (Å²) in [5.74, 6) is 0.415. The van der Waals surface area contributed by atoms with Gasteiger partial charge in [0.1, 0.15) is 5.84 Å². The van der Waals surface area contributed by atoms with Crippen molar-refractivity contribution in [1.82, 2.24) is 10.0 Å². The Hall–Kier alpha value is -2.71. The number of hydrogen-bond donors (Lipinski definition) is 3. The zero-order valence-electron chi connectivity index (χ0n) is 15.0. The van der Waals surface area contributed by atoms with Crippen molar-refractivity contribution in [2.75, 3.05) is 18.4 Å². The third-order valence-corrected chi connectivity index (χ3v) is 5.66. The first-order valence-electron chi connectivity index (χ1n) is 8.73. The van der Waals surface area contributed by atoms with Crippen LogP contribution in [0.1, 0.15) is 18.9 Å². The maximum atomic E-state index is 12.3. The summed E-state index contributed by atoms with van der Waals surface area (Å²) < 4.78 is 27.0. The smallest absolute Gasteiger partial charge is 0.242 e. The molecule has 1 heterocycles. The first kappa shape index (κ1) is 19.1. The molecule has 1 aliphatic rings. The lowest BCUT2D eigenvalue weighted by molar-refractivity contribution is -0.117. The van der Waals surface area contributed by atoms with E-state index in [9.17, 15) is 13.2 Å². The molecule has 2 aromatic rings. The summed E-state index contributed by atoms with van der Waals surface area (Å²) in [6.07, 6.45) is 1.02. The number of nitrogens with zero attached hydrogens (tertiary/aromatic N) is 1. The fraction of sp³-hybridized carbons (Fsp3) is 0.263. The van der Waals surface area contributed by atoms with Gasteiger partial charge in [-0.2, -0.15) is 4.72 Å². The highest BCUT2D eigenvalue weighted by molar-refractivity contribution is 7.89. The molecular formula is C19H22N4O3S. The van der Waals surface area contributed by atoms with Crippen LogP contribution >= 0.6 is 0 Å². The van der Waals surface area contributed by atoms with Crippen molar-refractivity contribution in [2.24, 2.45) is 4.99 Å². The average molecular weight is 386 g/mol. The third kappa shape index (κ3) is 4.93. The van der Waals surface area contributed by atoms with E-state index in [2.05, 4.69) is 20.3 Å². The number of carbonyl (C=O) groups excluding carboxylic acids is 1. The molecule has 142 valence electrons. The van der Waals surface area contributed by atoms with Gasteiger partial charge in [-0.25, -0.2) is 8.42 Å². The molecule has 2 aromatic carbocycles. The first-order valence-corrected chi connectivity index (χ1v) is 10.2. The SMILES string of the molecule is CC(NS(=O)(=O)c1ccccc1)C(=O)Nc1ccc(C2=NCCCN2)cc1. The molecule has 3 N–H and O–H groups in total. The van der Waals surface area contributed by atoms with Crippen LogP contribution in [0.2, 0.25) is 0 Å². The van der Waals surface area contributed by atoms with E-state index in [0.29, 0.717) is 5.69 Å². The maximum absolute atomic E-state index is 12.3. The van der Waals surface area contributed by atoms with E-state index in [1.54, 1.807) is 30.3 Å². The van der Waals surface area contributed by atoms with Crippen LogP contribution in [0.4, 0.5) is 5.69 Å². The Morgan fingerprint density at radius 3 is 2.44 bits per heavy atom. The Morgan fingerprint density at radius 2 is 1.81 bits per heavy atom. The first-order chi connectivity index (χ1) is 13.0. The van der Waals surface area contributed by atoms with Crippen molar-refractivity contribution in [1.29, 1.82) is 0 Å². The van der Waals surface area contributed by atoms with Gasteiger partial charge in [0, 0.05) is 24.3 Å². The number of amidine groups is 1. The molecule has 0 fully saturated rings. The second-order valence-electron chi connectivity index (χ2n) is 6.23. The molecule has 0 radical (unpaired) electrons. The van der Waals surface area contributed by atoms with Crippen molar-refractivity contribution in [3.63, 3.8) is 0 Å². The van der Waals surface area contributed by atoms with Crippen LogP contribution in [0.25, 0.3) is 0 Å². The summed E-state index contributed by atoms with van der Waals surface area (Å²) in [6.45, 7) is 3.21. The fourth-order valence-electron chi connectivity index (χ4n) is 2.64. The van der Waals surface area contributed by atoms with Crippen LogP contribution in [-0.4, -0.2) is 39.3 Å². The minimum absolute atomic E-state index is 0.120. The number of amides is 1. The number of nitrogens with one attached hydrogen (secondary N) is 3. The summed E-state index contributed by atoms with van der Waals surface area (Å²) in [7, 11) is -3.75. The largest absolute Gasteiger partial charge is 0.370 e. The van der Waals surface area contributed by atoms with E-state index in [-0.39, 0.29) is 4.90 Å². The number of aliphatic imine (C=N–C) groups is 1. The second kappa shape index (κ2) is 8.32. The van der Waals surface area contributed by atoms with Crippen molar-refractivity contribution >= 4 is 27.5 Å². The van der Waals surface area contributed by atoms with Gasteiger partial charge in [-0.05, 0) is 49.7 Å². The van der Waals surface area contributed by atoms with Crippen LogP contribution in [0.15, 0.2) is 64.5 Å². The monoisotopic (exact) mass is 386 g/mol. The molecule has 0 spiro atoms. The summed E-state index contributed by atoms with van der Waals surface area (Å²) in [5.41, 5.74) is 1.54. The summed E-state index contributed by atoms with van der Waals surface area (Å²) >= 11 is 0. The normalized spacial score (nSPS) is 15.4. The van der Waals surface area contributed by atoms with E-state index in [0.717, 1.165) is 30.9 Å². The van der Waals surface area contributed by atoms with E-state index in [4.69, 9.17) is 0 Å². The van der Waals surface area contributed by atoms with E-state index >= 15 is 0 Å². The Balaban J connectivity index is 1.62. The van der Waals surface area contributed by atoms with Crippen LogP contribution in [0.5, 0.6) is 0 Å². The van der Waals surface area contributed by atoms with Gasteiger partial charge in [0.05, 0.1) is 10.9 Å². The lowest BCUT2D eigenvalue weighted by Gasteiger charge is -2.16. The molecule has 0 saturated heterocycles. The Kier molecular flexibility index (Phi) is 5.88. The molecule has 3 rings (SSSR count). The maximum Gasteiger partial charge on any atom is 0.242 e. The minimum Gasteiger partial charge on any atom is -0.370 e. The Morgan fingerprint density at radius 1 is 1.11 bits per heavy atom. The van der Waals surface area contributed by atoms with Crippen LogP contribution in [-0.2, 0) is 14.8 Å². The third-order valence-electron chi connectivity index (χ3n) is 4.10. The predicted octanol–water partition coefficient (Wildman–Crippen LogP) is 1.73. The van der Waals surface area contributed by atoms with E-state index in [1.165, 1.54) is 19.1 Å². The lowest BCUT2D eigenvalue weighted by atomic mass is 10.1. The van der Waals surface area contributed by atoms with Crippen LogP contribution in [0, 0.1) is 0 Å². The predicted molar refractivity (Wildman–Crippen MR) is 105 cm³/mol. The zero-order valence-corrected chi connectivity index (χ0v) is 15.8. The van der Waals surface area contributed by atoms with E-state index in [1.807, 2.05) is 12.1 Å². The van der Waals surface area contributed by atoms with Gasteiger partial charge in [-0.3, -0.25) is 9.79 Å². The minimum atomic E-state index is -3.75. The number of sulfonamides is 1. The number of rotatable bonds is 6. The molecule has 27 heavy (non-hydrogen) atoms. The quantitative estimate of drug-likeness (QED) is 0.704.